The Hall–Kier alpha value is -2.18. The summed E-state index contributed by atoms with van der Waals surface area (Å²) in [5.41, 5.74) is -1.02. The van der Waals surface area contributed by atoms with Crippen molar-refractivity contribution in [1.82, 2.24) is 5.32 Å². The second-order valence-electron chi connectivity index (χ2n) is 5.70. The van der Waals surface area contributed by atoms with Crippen molar-refractivity contribution in [1.29, 1.82) is 0 Å². The molecule has 2 rings (SSSR count). The van der Waals surface area contributed by atoms with Gasteiger partial charge in [-0.15, -0.1) is 0 Å². The molecule has 0 aliphatic heterocycles. The minimum atomic E-state index is -3.03. The maximum atomic E-state index is 12.4. The van der Waals surface area contributed by atoms with Gasteiger partial charge in [0.2, 0.25) is 0 Å². The van der Waals surface area contributed by atoms with E-state index in [0.717, 1.165) is 19.3 Å². The summed E-state index contributed by atoms with van der Waals surface area (Å²) in [6.07, 6.45) is 3.57. The average Bonchev–Trinajstić information content (AvgIpc) is 2.53. The van der Waals surface area contributed by atoms with Crippen molar-refractivity contribution in [3.05, 3.63) is 29.8 Å². The number of carboxylic acid groups (broad SMARTS) is 1. The summed E-state index contributed by atoms with van der Waals surface area (Å²) < 4.78 is 29.1. The van der Waals surface area contributed by atoms with Crippen molar-refractivity contribution in [3.8, 4) is 5.75 Å². The first-order valence-electron chi connectivity index (χ1n) is 7.50. The fraction of sp³-hybridized carbons (Fsp3) is 0.500. The number of aliphatic carboxylic acids is 1. The highest BCUT2D eigenvalue weighted by Crippen LogP contribution is 2.36. The first-order chi connectivity index (χ1) is 10.9. The summed E-state index contributed by atoms with van der Waals surface area (Å²) in [7, 11) is 0. The Bertz CT molecular complexity index is 571. The van der Waals surface area contributed by atoms with Gasteiger partial charge in [-0.1, -0.05) is 31.4 Å². The molecule has 5 nitrogen and oxygen atoms in total. The molecule has 1 aromatic rings. The molecule has 23 heavy (non-hydrogen) atoms. The lowest BCUT2D eigenvalue weighted by molar-refractivity contribution is -0.150. The Morgan fingerprint density at radius 2 is 1.87 bits per heavy atom. The molecule has 1 amide bonds. The van der Waals surface area contributed by atoms with E-state index in [1.54, 1.807) is 0 Å². The van der Waals surface area contributed by atoms with Crippen LogP contribution in [0.3, 0.4) is 0 Å². The van der Waals surface area contributed by atoms with Gasteiger partial charge in [0.15, 0.2) is 0 Å². The number of carbonyl (C=O) groups is 2. The Morgan fingerprint density at radius 3 is 2.48 bits per heavy atom. The van der Waals surface area contributed by atoms with Crippen LogP contribution in [0.1, 0.15) is 42.5 Å². The maximum absolute atomic E-state index is 12.4. The number of para-hydroxylation sites is 1. The lowest BCUT2D eigenvalue weighted by Gasteiger charge is -2.33. The number of amides is 1. The van der Waals surface area contributed by atoms with E-state index in [1.807, 2.05) is 0 Å². The number of nitrogens with one attached hydrogen (secondary N) is 1. The van der Waals surface area contributed by atoms with Gasteiger partial charge in [-0.2, -0.15) is 8.78 Å². The average molecular weight is 327 g/mol. The van der Waals surface area contributed by atoms with Crippen molar-refractivity contribution in [2.45, 2.75) is 38.7 Å². The quantitative estimate of drug-likeness (QED) is 0.842. The van der Waals surface area contributed by atoms with E-state index in [0.29, 0.717) is 12.8 Å². The van der Waals surface area contributed by atoms with Gasteiger partial charge in [0, 0.05) is 6.54 Å². The summed E-state index contributed by atoms with van der Waals surface area (Å²) >= 11 is 0. The van der Waals surface area contributed by atoms with E-state index < -0.39 is 23.9 Å². The molecule has 1 aliphatic carbocycles. The smallest absolute Gasteiger partial charge is 0.387 e. The van der Waals surface area contributed by atoms with Gasteiger partial charge in [-0.25, -0.2) is 0 Å². The van der Waals surface area contributed by atoms with Crippen molar-refractivity contribution >= 4 is 11.9 Å². The topological polar surface area (TPSA) is 75.6 Å². The SMILES string of the molecule is O=C(NCC1(C(=O)O)CCCCC1)c1ccccc1OC(F)F. The predicted molar refractivity (Wildman–Crippen MR) is 78.6 cm³/mol. The molecule has 7 heteroatoms. The molecule has 1 aromatic carbocycles. The van der Waals surface area contributed by atoms with Crippen molar-refractivity contribution < 1.29 is 28.2 Å². The number of benzene rings is 1. The standard InChI is InChI=1S/C16H19F2NO4/c17-15(18)23-12-7-3-2-6-11(12)13(20)19-10-16(14(21)22)8-4-1-5-9-16/h2-3,6-7,15H,1,4-5,8-10H2,(H,19,20)(H,21,22). The lowest BCUT2D eigenvalue weighted by atomic mass is 9.74. The van der Waals surface area contributed by atoms with Crippen LogP contribution in [0.2, 0.25) is 0 Å². The summed E-state index contributed by atoms with van der Waals surface area (Å²) in [4.78, 5) is 23.8. The van der Waals surface area contributed by atoms with Crippen molar-refractivity contribution in [2.75, 3.05) is 6.54 Å². The van der Waals surface area contributed by atoms with Gasteiger partial charge >= 0.3 is 12.6 Å². The minimum Gasteiger partial charge on any atom is -0.481 e. The normalized spacial score (nSPS) is 16.8. The third kappa shape index (κ3) is 4.18. The van der Waals surface area contributed by atoms with Gasteiger partial charge in [0.25, 0.3) is 5.91 Å². The second kappa shape index (κ2) is 7.39. The maximum Gasteiger partial charge on any atom is 0.387 e. The fourth-order valence-electron chi connectivity index (χ4n) is 2.89. The monoisotopic (exact) mass is 327 g/mol. The van der Waals surface area contributed by atoms with Crippen molar-refractivity contribution in [2.24, 2.45) is 5.41 Å². The molecule has 0 heterocycles. The number of hydrogen-bond acceptors (Lipinski definition) is 3. The summed E-state index contributed by atoms with van der Waals surface area (Å²) in [5.74, 6) is -1.78. The van der Waals surface area contributed by atoms with Gasteiger partial charge in [-0.05, 0) is 25.0 Å². The van der Waals surface area contributed by atoms with Crippen LogP contribution < -0.4 is 10.1 Å². The van der Waals surface area contributed by atoms with Gasteiger partial charge in [0.1, 0.15) is 5.75 Å². The second-order valence-corrected chi connectivity index (χ2v) is 5.70. The Balaban J connectivity index is 2.08. The third-order valence-corrected chi connectivity index (χ3v) is 4.20. The highest BCUT2D eigenvalue weighted by molar-refractivity contribution is 5.97. The number of rotatable bonds is 6. The van der Waals surface area contributed by atoms with Crippen molar-refractivity contribution in [3.63, 3.8) is 0 Å². The van der Waals surface area contributed by atoms with E-state index in [-0.39, 0.29) is 17.9 Å². The molecular weight excluding hydrogens is 308 g/mol. The number of ether oxygens (including phenoxy) is 1. The molecule has 2 N–H and O–H groups in total. The molecule has 1 aliphatic rings. The number of halogens is 2. The zero-order chi connectivity index (χ0) is 16.9. The predicted octanol–water partition coefficient (Wildman–Crippen LogP) is 3.05. The number of alkyl halides is 2. The molecule has 0 radical (unpaired) electrons. The molecule has 0 atom stereocenters. The molecule has 1 saturated carbocycles. The molecular formula is C16H19F2NO4. The molecule has 0 unspecified atom stereocenters. The molecule has 0 spiro atoms. The molecule has 0 aromatic heterocycles. The summed E-state index contributed by atoms with van der Waals surface area (Å²) in [5, 5.41) is 12.0. The Labute approximate surface area is 132 Å². The van der Waals surface area contributed by atoms with Gasteiger partial charge in [-0.3, -0.25) is 9.59 Å². The van der Waals surface area contributed by atoms with Crippen LogP contribution in [0.15, 0.2) is 24.3 Å². The minimum absolute atomic E-state index is 0.0236. The van der Waals surface area contributed by atoms with E-state index in [9.17, 15) is 23.5 Å². The largest absolute Gasteiger partial charge is 0.481 e. The van der Waals surface area contributed by atoms with Crippen LogP contribution in [0.4, 0.5) is 8.78 Å². The summed E-state index contributed by atoms with van der Waals surface area (Å²) in [6.45, 7) is -3.06. The van der Waals surface area contributed by atoms with Crippen LogP contribution in [0, 0.1) is 5.41 Å². The first-order valence-corrected chi connectivity index (χ1v) is 7.50. The Kier molecular flexibility index (Phi) is 5.52. The zero-order valence-corrected chi connectivity index (χ0v) is 12.6. The van der Waals surface area contributed by atoms with E-state index in [4.69, 9.17) is 0 Å². The fourth-order valence-corrected chi connectivity index (χ4v) is 2.89. The van der Waals surface area contributed by atoms with Gasteiger partial charge in [0.05, 0.1) is 11.0 Å². The molecule has 0 saturated heterocycles. The zero-order valence-electron chi connectivity index (χ0n) is 12.6. The van der Waals surface area contributed by atoms with Crippen LogP contribution in [-0.4, -0.2) is 30.1 Å². The molecule has 1 fully saturated rings. The highest BCUT2D eigenvalue weighted by Gasteiger charge is 2.39. The molecule has 0 bridgehead atoms. The first kappa shape index (κ1) is 17.2. The van der Waals surface area contributed by atoms with E-state index in [1.165, 1.54) is 24.3 Å². The van der Waals surface area contributed by atoms with E-state index >= 15 is 0 Å². The van der Waals surface area contributed by atoms with Crippen LogP contribution in [0.5, 0.6) is 5.75 Å². The van der Waals surface area contributed by atoms with Crippen LogP contribution in [-0.2, 0) is 4.79 Å². The Morgan fingerprint density at radius 1 is 1.22 bits per heavy atom. The summed E-state index contributed by atoms with van der Waals surface area (Å²) in [6, 6.07) is 5.64. The number of carbonyl (C=O) groups excluding carboxylic acids is 1. The van der Waals surface area contributed by atoms with E-state index in [2.05, 4.69) is 10.1 Å². The molecule has 126 valence electrons. The number of hydrogen-bond donors (Lipinski definition) is 2. The lowest BCUT2D eigenvalue weighted by Crippen LogP contribution is -2.44. The number of carboxylic acids is 1. The van der Waals surface area contributed by atoms with Crippen LogP contribution in [0.25, 0.3) is 0 Å². The van der Waals surface area contributed by atoms with Crippen LogP contribution >= 0.6 is 0 Å². The highest BCUT2D eigenvalue weighted by atomic mass is 19.3. The third-order valence-electron chi connectivity index (χ3n) is 4.20. The van der Waals surface area contributed by atoms with Gasteiger partial charge < -0.3 is 15.2 Å².